The zero-order valence-electron chi connectivity index (χ0n) is 17.1. The number of aryl methyl sites for hydroxylation is 2. The van der Waals surface area contributed by atoms with Gasteiger partial charge in [0.05, 0.1) is 17.8 Å². The second-order valence-corrected chi connectivity index (χ2v) is 7.24. The van der Waals surface area contributed by atoms with Crippen molar-refractivity contribution in [3.8, 4) is 0 Å². The van der Waals surface area contributed by atoms with E-state index in [0.29, 0.717) is 37.4 Å². The molecule has 0 aliphatic heterocycles. The minimum absolute atomic E-state index is 0.191. The molecule has 1 amide bonds. The number of hydrogen-bond donors (Lipinski definition) is 3. The van der Waals surface area contributed by atoms with Crippen LogP contribution < -0.4 is 11.1 Å². The second kappa shape index (κ2) is 9.94. The van der Waals surface area contributed by atoms with Gasteiger partial charge in [0.1, 0.15) is 11.6 Å². The Labute approximate surface area is 178 Å². The van der Waals surface area contributed by atoms with Gasteiger partial charge in [-0.05, 0) is 43.2 Å². The molecule has 0 aliphatic carbocycles. The van der Waals surface area contributed by atoms with Gasteiger partial charge in [0.2, 0.25) is 5.91 Å². The first-order valence-corrected chi connectivity index (χ1v) is 9.79. The van der Waals surface area contributed by atoms with Crippen LogP contribution in [0.15, 0.2) is 42.6 Å². The number of carbonyl (C=O) groups is 2. The molecule has 0 saturated heterocycles. The second-order valence-electron chi connectivity index (χ2n) is 7.24. The number of nitrogens with two attached hydrogens (primary N) is 1. The van der Waals surface area contributed by atoms with Crippen molar-refractivity contribution in [3.05, 3.63) is 82.4 Å². The fourth-order valence-electron chi connectivity index (χ4n) is 3.26. The van der Waals surface area contributed by atoms with Crippen LogP contribution in [0.1, 0.15) is 45.2 Å². The molecule has 2 heterocycles. The number of benzene rings is 1. The number of primary amides is 1. The molecule has 0 radical (unpaired) electrons. The lowest BCUT2D eigenvalue weighted by atomic mass is 10.2. The van der Waals surface area contributed by atoms with Gasteiger partial charge in [0.25, 0.3) is 0 Å². The highest BCUT2D eigenvalue weighted by molar-refractivity contribution is 5.87. The molecular weight excluding hydrogens is 401 g/mol. The molecule has 8 nitrogen and oxygen atoms in total. The van der Waals surface area contributed by atoms with Crippen molar-refractivity contribution >= 4 is 11.9 Å². The molecule has 4 N–H and O–H groups in total. The molecule has 0 aliphatic rings. The number of carboxylic acid groups (broad SMARTS) is 1. The number of imidazole rings is 1. The van der Waals surface area contributed by atoms with E-state index in [1.165, 1.54) is 24.3 Å². The molecule has 0 bridgehead atoms. The Hall–Kier alpha value is -3.59. The first-order chi connectivity index (χ1) is 14.8. The highest BCUT2D eigenvalue weighted by Gasteiger charge is 2.12. The number of pyridine rings is 1. The maximum Gasteiger partial charge on any atom is 0.335 e. The van der Waals surface area contributed by atoms with Crippen molar-refractivity contribution in [2.45, 2.75) is 39.4 Å². The summed E-state index contributed by atoms with van der Waals surface area (Å²) in [7, 11) is 0. The Morgan fingerprint density at radius 1 is 1.19 bits per heavy atom. The maximum absolute atomic E-state index is 13.2. The SMILES string of the molecule is Cc1cc(C(=O)O)cc(CNCc2ncc(CCC(N)=O)n2Cc2ccc(F)cc2)n1. The van der Waals surface area contributed by atoms with Gasteiger partial charge in [-0.25, -0.2) is 14.2 Å². The van der Waals surface area contributed by atoms with Crippen molar-refractivity contribution < 1.29 is 19.1 Å². The summed E-state index contributed by atoms with van der Waals surface area (Å²) in [6.45, 7) is 2.98. The first-order valence-electron chi connectivity index (χ1n) is 9.79. The van der Waals surface area contributed by atoms with Gasteiger partial charge in [0, 0.05) is 37.1 Å². The first kappa shape index (κ1) is 22.1. The van der Waals surface area contributed by atoms with Crippen LogP contribution in [0.2, 0.25) is 0 Å². The highest BCUT2D eigenvalue weighted by Crippen LogP contribution is 2.14. The molecule has 1 aromatic carbocycles. The van der Waals surface area contributed by atoms with Crippen LogP contribution in [0.25, 0.3) is 0 Å². The van der Waals surface area contributed by atoms with Crippen LogP contribution >= 0.6 is 0 Å². The minimum atomic E-state index is -0.999. The summed E-state index contributed by atoms with van der Waals surface area (Å²) in [5.41, 5.74) is 8.46. The standard InChI is InChI=1S/C22H24FN5O3/c1-14-8-16(22(30)31)9-18(27-14)10-25-12-21-26-11-19(6-7-20(24)29)28(21)13-15-2-4-17(23)5-3-15/h2-5,8-9,11,25H,6-7,10,12-13H2,1H3,(H2,24,29)(H,30,31). The Bertz CT molecular complexity index is 1080. The minimum Gasteiger partial charge on any atom is -0.478 e. The lowest BCUT2D eigenvalue weighted by Crippen LogP contribution is -2.20. The number of carbonyl (C=O) groups excluding carboxylic acids is 1. The number of amides is 1. The Kier molecular flexibility index (Phi) is 7.09. The number of hydrogen-bond acceptors (Lipinski definition) is 5. The predicted molar refractivity (Wildman–Crippen MR) is 112 cm³/mol. The summed E-state index contributed by atoms with van der Waals surface area (Å²) in [6, 6.07) is 9.26. The predicted octanol–water partition coefficient (Wildman–Crippen LogP) is 2.18. The molecule has 0 unspecified atom stereocenters. The average molecular weight is 425 g/mol. The molecule has 3 rings (SSSR count). The van der Waals surface area contributed by atoms with E-state index in [1.54, 1.807) is 25.3 Å². The van der Waals surface area contributed by atoms with Crippen LogP contribution in [0.5, 0.6) is 0 Å². The number of aromatic carboxylic acids is 1. The Balaban J connectivity index is 1.74. The number of nitrogens with zero attached hydrogens (tertiary/aromatic N) is 3. The fraction of sp³-hybridized carbons (Fsp3) is 0.273. The lowest BCUT2D eigenvalue weighted by Gasteiger charge is -2.13. The number of aromatic nitrogens is 3. The molecule has 0 saturated carbocycles. The van der Waals surface area contributed by atoms with E-state index in [1.807, 2.05) is 4.57 Å². The summed E-state index contributed by atoms with van der Waals surface area (Å²) < 4.78 is 15.2. The van der Waals surface area contributed by atoms with Crippen LogP contribution in [-0.4, -0.2) is 31.5 Å². The number of halogens is 1. The van der Waals surface area contributed by atoms with E-state index in [0.717, 1.165) is 17.1 Å². The molecule has 31 heavy (non-hydrogen) atoms. The normalized spacial score (nSPS) is 10.9. The largest absolute Gasteiger partial charge is 0.478 e. The van der Waals surface area contributed by atoms with E-state index in [4.69, 9.17) is 5.73 Å². The zero-order valence-corrected chi connectivity index (χ0v) is 17.1. The summed E-state index contributed by atoms with van der Waals surface area (Å²) in [5.74, 6) is -0.971. The van der Waals surface area contributed by atoms with E-state index in [-0.39, 0.29) is 17.8 Å². The maximum atomic E-state index is 13.2. The van der Waals surface area contributed by atoms with Gasteiger partial charge in [-0.1, -0.05) is 12.1 Å². The quantitative estimate of drug-likeness (QED) is 0.458. The summed E-state index contributed by atoms with van der Waals surface area (Å²) in [5, 5.41) is 12.4. The molecule has 0 atom stereocenters. The van der Waals surface area contributed by atoms with Gasteiger partial charge in [-0.3, -0.25) is 9.78 Å². The number of nitrogens with one attached hydrogen (secondary N) is 1. The number of carboxylic acids is 1. The van der Waals surface area contributed by atoms with E-state index < -0.39 is 11.9 Å². The van der Waals surface area contributed by atoms with Crippen LogP contribution in [0.3, 0.4) is 0 Å². The molecule has 9 heteroatoms. The molecule has 0 fully saturated rings. The number of rotatable bonds is 10. The molecule has 162 valence electrons. The van der Waals surface area contributed by atoms with E-state index in [2.05, 4.69) is 15.3 Å². The monoisotopic (exact) mass is 425 g/mol. The third-order valence-electron chi connectivity index (χ3n) is 4.74. The summed E-state index contributed by atoms with van der Waals surface area (Å²) >= 11 is 0. The third kappa shape index (κ3) is 6.19. The average Bonchev–Trinajstić information content (AvgIpc) is 3.09. The van der Waals surface area contributed by atoms with Crippen molar-refractivity contribution in [2.75, 3.05) is 0 Å². The van der Waals surface area contributed by atoms with Crippen molar-refractivity contribution in [2.24, 2.45) is 5.73 Å². The van der Waals surface area contributed by atoms with Gasteiger partial charge in [0.15, 0.2) is 0 Å². The zero-order chi connectivity index (χ0) is 22.4. The fourth-order valence-corrected chi connectivity index (χ4v) is 3.26. The van der Waals surface area contributed by atoms with E-state index >= 15 is 0 Å². The highest BCUT2D eigenvalue weighted by atomic mass is 19.1. The lowest BCUT2D eigenvalue weighted by molar-refractivity contribution is -0.118. The van der Waals surface area contributed by atoms with Gasteiger partial charge in [-0.15, -0.1) is 0 Å². The van der Waals surface area contributed by atoms with Gasteiger partial charge < -0.3 is 20.7 Å². The van der Waals surface area contributed by atoms with Crippen molar-refractivity contribution in [1.82, 2.24) is 19.9 Å². The topological polar surface area (TPSA) is 123 Å². The van der Waals surface area contributed by atoms with Gasteiger partial charge >= 0.3 is 5.97 Å². The smallest absolute Gasteiger partial charge is 0.335 e. The molecule has 3 aromatic rings. The molecule has 0 spiro atoms. The molecule has 2 aromatic heterocycles. The third-order valence-corrected chi connectivity index (χ3v) is 4.74. The van der Waals surface area contributed by atoms with Crippen LogP contribution in [-0.2, 0) is 30.8 Å². The van der Waals surface area contributed by atoms with Crippen molar-refractivity contribution in [3.63, 3.8) is 0 Å². The van der Waals surface area contributed by atoms with Crippen LogP contribution in [0, 0.1) is 12.7 Å². The Morgan fingerprint density at radius 3 is 2.61 bits per heavy atom. The van der Waals surface area contributed by atoms with Gasteiger partial charge in [-0.2, -0.15) is 0 Å². The van der Waals surface area contributed by atoms with Crippen molar-refractivity contribution in [1.29, 1.82) is 0 Å². The molecular formula is C22H24FN5O3. The summed E-state index contributed by atoms with van der Waals surface area (Å²) in [6.07, 6.45) is 2.36. The van der Waals surface area contributed by atoms with Crippen LogP contribution in [0.4, 0.5) is 4.39 Å². The Morgan fingerprint density at radius 2 is 1.94 bits per heavy atom. The van der Waals surface area contributed by atoms with E-state index in [9.17, 15) is 19.1 Å². The summed E-state index contributed by atoms with van der Waals surface area (Å²) in [4.78, 5) is 31.3.